The molecular formula is C19H17FN2O5. The second-order valence-electron chi connectivity index (χ2n) is 5.55. The van der Waals surface area contributed by atoms with Crippen LogP contribution in [0.1, 0.15) is 18.9 Å². The summed E-state index contributed by atoms with van der Waals surface area (Å²) in [6, 6.07) is 12.4. The van der Waals surface area contributed by atoms with Crippen LogP contribution < -0.4 is 9.47 Å². The molecule has 1 heterocycles. The SMILES string of the molecule is COc1ccc(OCC(=O)O[C@H](C)c2nnc(-c3ccc(F)cc3)o2)cc1. The van der Waals surface area contributed by atoms with E-state index >= 15 is 0 Å². The summed E-state index contributed by atoms with van der Waals surface area (Å²) in [5, 5.41) is 7.74. The molecule has 0 aliphatic rings. The Hall–Kier alpha value is -3.42. The number of benzene rings is 2. The number of aromatic nitrogens is 2. The van der Waals surface area contributed by atoms with Gasteiger partial charge < -0.3 is 18.6 Å². The van der Waals surface area contributed by atoms with Gasteiger partial charge in [-0.1, -0.05) is 0 Å². The molecule has 3 rings (SSSR count). The third-order valence-corrected chi connectivity index (χ3v) is 3.60. The summed E-state index contributed by atoms with van der Waals surface area (Å²) < 4.78 is 34.1. The zero-order valence-electron chi connectivity index (χ0n) is 14.7. The molecule has 0 saturated heterocycles. The van der Waals surface area contributed by atoms with E-state index in [1.54, 1.807) is 38.3 Å². The number of hydrogen-bond acceptors (Lipinski definition) is 7. The number of carbonyl (C=O) groups is 1. The lowest BCUT2D eigenvalue weighted by molar-refractivity contribution is -0.152. The van der Waals surface area contributed by atoms with Crippen molar-refractivity contribution in [1.82, 2.24) is 10.2 Å². The van der Waals surface area contributed by atoms with Crippen LogP contribution in [0.15, 0.2) is 52.9 Å². The van der Waals surface area contributed by atoms with E-state index in [0.29, 0.717) is 17.1 Å². The van der Waals surface area contributed by atoms with E-state index in [4.69, 9.17) is 18.6 Å². The normalized spacial score (nSPS) is 11.7. The molecule has 2 aromatic carbocycles. The zero-order valence-corrected chi connectivity index (χ0v) is 14.7. The van der Waals surface area contributed by atoms with E-state index in [0.717, 1.165) is 0 Å². The summed E-state index contributed by atoms with van der Waals surface area (Å²) in [7, 11) is 1.56. The molecule has 0 unspecified atom stereocenters. The number of ether oxygens (including phenoxy) is 3. The van der Waals surface area contributed by atoms with Crippen LogP contribution >= 0.6 is 0 Å². The fraction of sp³-hybridized carbons (Fsp3) is 0.211. The van der Waals surface area contributed by atoms with E-state index in [1.165, 1.54) is 24.3 Å². The number of rotatable bonds is 7. The second kappa shape index (κ2) is 8.31. The molecule has 140 valence electrons. The lowest BCUT2D eigenvalue weighted by atomic mass is 10.2. The number of esters is 1. The van der Waals surface area contributed by atoms with Crippen LogP contribution in [-0.4, -0.2) is 29.9 Å². The minimum absolute atomic E-state index is 0.132. The van der Waals surface area contributed by atoms with Crippen molar-refractivity contribution in [2.75, 3.05) is 13.7 Å². The molecule has 0 aliphatic carbocycles. The minimum Gasteiger partial charge on any atom is -0.497 e. The maximum absolute atomic E-state index is 13.0. The molecule has 8 heteroatoms. The van der Waals surface area contributed by atoms with Crippen molar-refractivity contribution >= 4 is 5.97 Å². The Morgan fingerprint density at radius 1 is 1.07 bits per heavy atom. The van der Waals surface area contributed by atoms with Crippen molar-refractivity contribution in [3.8, 4) is 23.0 Å². The Balaban J connectivity index is 1.54. The van der Waals surface area contributed by atoms with Gasteiger partial charge >= 0.3 is 5.97 Å². The monoisotopic (exact) mass is 372 g/mol. The lowest BCUT2D eigenvalue weighted by Crippen LogP contribution is -2.17. The van der Waals surface area contributed by atoms with Crippen LogP contribution in [0.2, 0.25) is 0 Å². The highest BCUT2D eigenvalue weighted by Gasteiger charge is 2.19. The highest BCUT2D eigenvalue weighted by molar-refractivity contribution is 5.71. The summed E-state index contributed by atoms with van der Waals surface area (Å²) >= 11 is 0. The van der Waals surface area contributed by atoms with Gasteiger partial charge in [-0.15, -0.1) is 10.2 Å². The number of halogens is 1. The Morgan fingerprint density at radius 2 is 1.74 bits per heavy atom. The smallest absolute Gasteiger partial charge is 0.344 e. The third kappa shape index (κ3) is 4.81. The van der Waals surface area contributed by atoms with Gasteiger partial charge in [-0.3, -0.25) is 0 Å². The first-order valence-electron chi connectivity index (χ1n) is 8.11. The quantitative estimate of drug-likeness (QED) is 0.586. The molecule has 0 amide bonds. The molecule has 1 atom stereocenters. The van der Waals surface area contributed by atoms with E-state index in [2.05, 4.69) is 10.2 Å². The summed E-state index contributed by atoms with van der Waals surface area (Å²) in [5.74, 6) is 0.593. The van der Waals surface area contributed by atoms with Crippen molar-refractivity contribution in [2.45, 2.75) is 13.0 Å². The topological polar surface area (TPSA) is 83.7 Å². The van der Waals surface area contributed by atoms with Crippen molar-refractivity contribution in [3.63, 3.8) is 0 Å². The van der Waals surface area contributed by atoms with Gasteiger partial charge in [-0.2, -0.15) is 0 Å². The van der Waals surface area contributed by atoms with Crippen LogP contribution in [0.5, 0.6) is 11.5 Å². The molecule has 3 aromatic rings. The first kappa shape index (κ1) is 18.4. The minimum atomic E-state index is -0.751. The molecule has 27 heavy (non-hydrogen) atoms. The van der Waals surface area contributed by atoms with Gasteiger partial charge in [0.05, 0.1) is 7.11 Å². The Kier molecular flexibility index (Phi) is 5.65. The summed E-state index contributed by atoms with van der Waals surface area (Å²) in [5.41, 5.74) is 0.566. The fourth-order valence-electron chi connectivity index (χ4n) is 2.20. The van der Waals surface area contributed by atoms with Gasteiger partial charge in [0.2, 0.25) is 5.89 Å². The summed E-state index contributed by atoms with van der Waals surface area (Å²) in [6.07, 6.45) is -0.751. The molecule has 0 aliphatic heterocycles. The van der Waals surface area contributed by atoms with Crippen molar-refractivity contribution < 1.29 is 27.8 Å². The first-order chi connectivity index (χ1) is 13.0. The Bertz CT molecular complexity index is 893. The van der Waals surface area contributed by atoms with Gasteiger partial charge in [0.25, 0.3) is 5.89 Å². The molecule has 0 fully saturated rings. The van der Waals surface area contributed by atoms with Crippen molar-refractivity contribution in [2.24, 2.45) is 0 Å². The van der Waals surface area contributed by atoms with E-state index < -0.39 is 12.1 Å². The molecule has 0 bridgehead atoms. The highest BCUT2D eigenvalue weighted by atomic mass is 19.1. The molecule has 0 radical (unpaired) electrons. The molecular weight excluding hydrogens is 355 g/mol. The number of methoxy groups -OCH3 is 1. The number of carbonyl (C=O) groups excluding carboxylic acids is 1. The maximum atomic E-state index is 13.0. The predicted molar refractivity (Wildman–Crippen MR) is 92.7 cm³/mol. The molecule has 0 saturated carbocycles. The molecule has 0 spiro atoms. The highest BCUT2D eigenvalue weighted by Crippen LogP contribution is 2.23. The van der Waals surface area contributed by atoms with Crippen molar-refractivity contribution in [3.05, 3.63) is 60.2 Å². The zero-order chi connectivity index (χ0) is 19.2. The largest absolute Gasteiger partial charge is 0.497 e. The standard InChI is InChI=1S/C19H17FN2O5/c1-12(18-21-22-19(27-18)13-3-5-14(20)6-4-13)26-17(23)11-25-16-9-7-15(24-2)8-10-16/h3-10,12H,11H2,1-2H3/t12-/m1/s1. The Morgan fingerprint density at radius 3 is 2.41 bits per heavy atom. The van der Waals surface area contributed by atoms with Crippen LogP contribution in [-0.2, 0) is 9.53 Å². The van der Waals surface area contributed by atoms with Crippen LogP contribution in [0.25, 0.3) is 11.5 Å². The van der Waals surface area contributed by atoms with Crippen molar-refractivity contribution in [1.29, 1.82) is 0 Å². The van der Waals surface area contributed by atoms with Gasteiger partial charge in [0, 0.05) is 5.56 Å². The predicted octanol–water partition coefficient (Wildman–Crippen LogP) is 3.57. The average Bonchev–Trinajstić information content (AvgIpc) is 3.18. The van der Waals surface area contributed by atoms with Crippen LogP contribution in [0.3, 0.4) is 0 Å². The van der Waals surface area contributed by atoms with E-state index in [-0.39, 0.29) is 24.2 Å². The van der Waals surface area contributed by atoms with Gasteiger partial charge in [-0.25, -0.2) is 9.18 Å². The van der Waals surface area contributed by atoms with Crippen LogP contribution in [0, 0.1) is 5.82 Å². The third-order valence-electron chi connectivity index (χ3n) is 3.60. The Labute approximate surface area is 154 Å². The molecule has 7 nitrogen and oxygen atoms in total. The second-order valence-corrected chi connectivity index (χ2v) is 5.55. The lowest BCUT2D eigenvalue weighted by Gasteiger charge is -2.10. The molecule has 0 N–H and O–H groups in total. The summed E-state index contributed by atoms with van der Waals surface area (Å²) in [4.78, 5) is 11.9. The molecule has 1 aromatic heterocycles. The maximum Gasteiger partial charge on any atom is 0.344 e. The summed E-state index contributed by atoms with van der Waals surface area (Å²) in [6.45, 7) is 1.34. The van der Waals surface area contributed by atoms with Gasteiger partial charge in [-0.05, 0) is 55.5 Å². The van der Waals surface area contributed by atoms with E-state index in [9.17, 15) is 9.18 Å². The van der Waals surface area contributed by atoms with Gasteiger partial charge in [0.1, 0.15) is 17.3 Å². The number of nitrogens with zero attached hydrogens (tertiary/aromatic N) is 2. The van der Waals surface area contributed by atoms with E-state index in [1.807, 2.05) is 0 Å². The fourth-order valence-corrected chi connectivity index (χ4v) is 2.20. The average molecular weight is 372 g/mol. The number of hydrogen-bond donors (Lipinski definition) is 0. The van der Waals surface area contributed by atoms with Crippen LogP contribution in [0.4, 0.5) is 4.39 Å². The van der Waals surface area contributed by atoms with Gasteiger partial charge in [0.15, 0.2) is 12.7 Å². The first-order valence-corrected chi connectivity index (χ1v) is 8.11.